The maximum absolute atomic E-state index is 11.2. The SMILES string of the molecule is COC(=O)N(CO)c1ccc([N+](=O)[O-])cc1. The molecule has 0 aromatic heterocycles. The monoisotopic (exact) mass is 226 g/mol. The van der Waals surface area contributed by atoms with Gasteiger partial charge in [0.15, 0.2) is 0 Å². The minimum Gasteiger partial charge on any atom is -0.452 e. The number of anilines is 1. The van der Waals surface area contributed by atoms with Gasteiger partial charge < -0.3 is 9.84 Å². The van der Waals surface area contributed by atoms with E-state index < -0.39 is 17.7 Å². The van der Waals surface area contributed by atoms with Gasteiger partial charge in [-0.2, -0.15) is 0 Å². The van der Waals surface area contributed by atoms with E-state index in [9.17, 15) is 14.9 Å². The van der Waals surface area contributed by atoms with Gasteiger partial charge in [0.05, 0.1) is 12.0 Å². The first kappa shape index (κ1) is 11.9. The molecule has 1 rings (SSSR count). The van der Waals surface area contributed by atoms with E-state index in [2.05, 4.69) is 4.74 Å². The lowest BCUT2D eigenvalue weighted by atomic mass is 10.3. The van der Waals surface area contributed by atoms with E-state index in [1.165, 1.54) is 31.4 Å². The van der Waals surface area contributed by atoms with Crippen molar-refractivity contribution in [3.05, 3.63) is 34.4 Å². The van der Waals surface area contributed by atoms with Gasteiger partial charge in [-0.3, -0.25) is 15.0 Å². The fourth-order valence-electron chi connectivity index (χ4n) is 1.11. The van der Waals surface area contributed by atoms with Crippen LogP contribution in [0.5, 0.6) is 0 Å². The van der Waals surface area contributed by atoms with Crippen molar-refractivity contribution < 1.29 is 19.6 Å². The molecule has 7 heteroatoms. The van der Waals surface area contributed by atoms with Crippen molar-refractivity contribution in [1.82, 2.24) is 0 Å². The highest BCUT2D eigenvalue weighted by Crippen LogP contribution is 2.19. The molecule has 1 N–H and O–H groups in total. The molecule has 0 unspecified atom stereocenters. The van der Waals surface area contributed by atoms with Crippen LogP contribution in [0.2, 0.25) is 0 Å². The quantitative estimate of drug-likeness (QED) is 0.473. The number of aliphatic hydroxyl groups is 1. The highest BCUT2D eigenvalue weighted by atomic mass is 16.6. The number of ether oxygens (including phenoxy) is 1. The van der Waals surface area contributed by atoms with Gasteiger partial charge in [-0.1, -0.05) is 0 Å². The van der Waals surface area contributed by atoms with E-state index in [1.807, 2.05) is 0 Å². The zero-order valence-corrected chi connectivity index (χ0v) is 8.49. The van der Waals surface area contributed by atoms with Crippen LogP contribution in [0.15, 0.2) is 24.3 Å². The van der Waals surface area contributed by atoms with Crippen molar-refractivity contribution in [1.29, 1.82) is 0 Å². The van der Waals surface area contributed by atoms with Crippen molar-refractivity contribution in [2.45, 2.75) is 0 Å². The van der Waals surface area contributed by atoms with E-state index >= 15 is 0 Å². The second kappa shape index (κ2) is 5.08. The third-order valence-electron chi connectivity index (χ3n) is 1.91. The summed E-state index contributed by atoms with van der Waals surface area (Å²) in [7, 11) is 1.18. The summed E-state index contributed by atoms with van der Waals surface area (Å²) in [5.41, 5.74) is 0.228. The Hall–Kier alpha value is -2.15. The lowest BCUT2D eigenvalue weighted by Crippen LogP contribution is -2.31. The number of nitrogens with zero attached hydrogens (tertiary/aromatic N) is 2. The molecule has 0 spiro atoms. The molecule has 1 aromatic carbocycles. The Morgan fingerprint density at radius 2 is 2.06 bits per heavy atom. The summed E-state index contributed by atoms with van der Waals surface area (Å²) in [6.07, 6.45) is -0.739. The van der Waals surface area contributed by atoms with Gasteiger partial charge >= 0.3 is 6.09 Å². The van der Waals surface area contributed by atoms with Crippen LogP contribution in [0.25, 0.3) is 0 Å². The van der Waals surface area contributed by atoms with Crippen LogP contribution < -0.4 is 4.90 Å². The Morgan fingerprint density at radius 1 is 1.50 bits per heavy atom. The molecule has 0 aliphatic carbocycles. The molecule has 0 heterocycles. The predicted octanol–water partition coefficient (Wildman–Crippen LogP) is 1.12. The van der Waals surface area contributed by atoms with E-state index in [-0.39, 0.29) is 5.69 Å². The Morgan fingerprint density at radius 3 is 2.44 bits per heavy atom. The number of carbonyl (C=O) groups is 1. The van der Waals surface area contributed by atoms with Gasteiger partial charge in [-0.15, -0.1) is 0 Å². The topological polar surface area (TPSA) is 92.9 Å². The van der Waals surface area contributed by atoms with Crippen LogP contribution in [0.4, 0.5) is 16.2 Å². The Balaban J connectivity index is 2.95. The number of carbonyl (C=O) groups excluding carboxylic acids is 1. The number of hydrogen-bond acceptors (Lipinski definition) is 5. The smallest absolute Gasteiger partial charge is 0.415 e. The Kier molecular flexibility index (Phi) is 3.78. The Bertz CT molecular complexity index is 389. The number of methoxy groups -OCH3 is 1. The predicted molar refractivity (Wildman–Crippen MR) is 55.1 cm³/mol. The lowest BCUT2D eigenvalue weighted by molar-refractivity contribution is -0.384. The minimum absolute atomic E-state index is 0.0912. The fourth-order valence-corrected chi connectivity index (χ4v) is 1.11. The van der Waals surface area contributed by atoms with Crippen LogP contribution >= 0.6 is 0 Å². The van der Waals surface area contributed by atoms with Crippen LogP contribution in [0, 0.1) is 10.1 Å². The van der Waals surface area contributed by atoms with Crippen molar-refractivity contribution in [3.8, 4) is 0 Å². The van der Waals surface area contributed by atoms with Crippen LogP contribution in [-0.4, -0.2) is 30.0 Å². The number of hydrogen-bond donors (Lipinski definition) is 1. The van der Waals surface area contributed by atoms with Crippen molar-refractivity contribution >= 4 is 17.5 Å². The molecule has 0 radical (unpaired) electrons. The molecule has 0 aliphatic heterocycles. The number of rotatable bonds is 3. The van der Waals surface area contributed by atoms with Crippen molar-refractivity contribution in [3.63, 3.8) is 0 Å². The zero-order valence-electron chi connectivity index (χ0n) is 8.49. The van der Waals surface area contributed by atoms with Crippen LogP contribution in [-0.2, 0) is 4.74 Å². The molecule has 1 amide bonds. The normalized spacial score (nSPS) is 9.62. The van der Waals surface area contributed by atoms with Crippen molar-refractivity contribution in [2.75, 3.05) is 18.7 Å². The molecule has 0 fully saturated rings. The maximum atomic E-state index is 11.2. The third kappa shape index (κ3) is 2.45. The first-order chi connectivity index (χ1) is 7.60. The van der Waals surface area contributed by atoms with E-state index in [0.29, 0.717) is 5.69 Å². The third-order valence-corrected chi connectivity index (χ3v) is 1.91. The zero-order chi connectivity index (χ0) is 12.1. The summed E-state index contributed by atoms with van der Waals surface area (Å²) in [6.45, 7) is -0.565. The average molecular weight is 226 g/mol. The Labute approximate surface area is 91.0 Å². The van der Waals surface area contributed by atoms with Crippen LogP contribution in [0.1, 0.15) is 0 Å². The summed E-state index contributed by atoms with van der Waals surface area (Å²) < 4.78 is 4.43. The molecular formula is C9H10N2O5. The number of benzene rings is 1. The molecule has 0 aliphatic rings. The molecule has 86 valence electrons. The van der Waals surface area contributed by atoms with E-state index in [0.717, 1.165) is 4.90 Å². The first-order valence-electron chi connectivity index (χ1n) is 4.31. The number of aliphatic hydroxyl groups excluding tert-OH is 1. The summed E-state index contributed by atoms with van der Waals surface area (Å²) in [5, 5.41) is 19.3. The molecule has 0 saturated carbocycles. The second-order valence-corrected chi connectivity index (χ2v) is 2.81. The first-order valence-corrected chi connectivity index (χ1v) is 4.31. The molecule has 1 aromatic rings. The van der Waals surface area contributed by atoms with Gasteiger partial charge in [-0.25, -0.2) is 4.79 Å². The van der Waals surface area contributed by atoms with Gasteiger partial charge in [0.2, 0.25) is 0 Å². The molecule has 7 nitrogen and oxygen atoms in total. The lowest BCUT2D eigenvalue weighted by Gasteiger charge is -2.17. The minimum atomic E-state index is -0.739. The number of nitro benzene ring substituents is 1. The summed E-state index contributed by atoms with van der Waals surface area (Å²) in [5.74, 6) is 0. The van der Waals surface area contributed by atoms with Gasteiger partial charge in [0.1, 0.15) is 6.73 Å². The largest absolute Gasteiger partial charge is 0.452 e. The van der Waals surface area contributed by atoms with Gasteiger partial charge in [0.25, 0.3) is 5.69 Å². The molecule has 0 bridgehead atoms. The van der Waals surface area contributed by atoms with E-state index in [4.69, 9.17) is 5.11 Å². The van der Waals surface area contributed by atoms with E-state index in [1.54, 1.807) is 0 Å². The van der Waals surface area contributed by atoms with Gasteiger partial charge in [0, 0.05) is 17.8 Å². The molecular weight excluding hydrogens is 216 g/mol. The number of non-ortho nitro benzene ring substituents is 1. The average Bonchev–Trinajstić information content (AvgIpc) is 2.30. The maximum Gasteiger partial charge on any atom is 0.415 e. The number of nitro groups is 1. The molecule has 0 atom stereocenters. The standard InChI is InChI=1S/C9H10N2O5/c1-16-9(13)10(6-12)7-2-4-8(5-3-7)11(14)15/h2-5,12H,6H2,1H3. The van der Waals surface area contributed by atoms with Crippen LogP contribution in [0.3, 0.4) is 0 Å². The van der Waals surface area contributed by atoms with Crippen molar-refractivity contribution in [2.24, 2.45) is 0 Å². The second-order valence-electron chi connectivity index (χ2n) is 2.81. The number of amides is 1. The highest BCUT2D eigenvalue weighted by Gasteiger charge is 2.15. The summed E-state index contributed by atoms with van der Waals surface area (Å²) >= 11 is 0. The summed E-state index contributed by atoms with van der Waals surface area (Å²) in [6, 6.07) is 5.18. The fraction of sp³-hybridized carbons (Fsp3) is 0.222. The molecule has 16 heavy (non-hydrogen) atoms. The van der Waals surface area contributed by atoms with Gasteiger partial charge in [-0.05, 0) is 12.1 Å². The highest BCUT2D eigenvalue weighted by molar-refractivity contribution is 5.87. The summed E-state index contributed by atoms with van der Waals surface area (Å²) in [4.78, 5) is 21.9. The molecule has 0 saturated heterocycles.